The Kier molecular flexibility index (Phi) is 7.04. The number of pyridine rings is 1. The minimum atomic E-state index is -1.02. The smallest absolute Gasteiger partial charge is 0.225 e. The largest absolute Gasteiger partial charge is 0.394 e. The SMILES string of the molecule is CC(C)C(=O)N(Cc1cncc(Cl)c1CO)CC(O)CO. The zero-order chi connectivity index (χ0) is 16.0. The van der Waals surface area contributed by atoms with E-state index >= 15 is 0 Å². The summed E-state index contributed by atoms with van der Waals surface area (Å²) in [5.41, 5.74) is 1.12. The molecule has 118 valence electrons. The molecule has 0 radical (unpaired) electrons. The van der Waals surface area contributed by atoms with Gasteiger partial charge in [0.05, 0.1) is 24.3 Å². The molecule has 6 nitrogen and oxygen atoms in total. The molecule has 0 aliphatic heterocycles. The van der Waals surface area contributed by atoms with Crippen molar-refractivity contribution in [1.29, 1.82) is 0 Å². The molecule has 7 heteroatoms. The maximum Gasteiger partial charge on any atom is 0.225 e. The van der Waals surface area contributed by atoms with Crippen LogP contribution in [0.3, 0.4) is 0 Å². The number of amides is 1. The summed E-state index contributed by atoms with van der Waals surface area (Å²) in [4.78, 5) is 17.6. The van der Waals surface area contributed by atoms with Crippen molar-refractivity contribution in [1.82, 2.24) is 9.88 Å². The van der Waals surface area contributed by atoms with Crippen molar-refractivity contribution in [2.24, 2.45) is 5.92 Å². The van der Waals surface area contributed by atoms with E-state index in [1.807, 2.05) is 0 Å². The number of nitrogens with zero attached hydrogens (tertiary/aromatic N) is 2. The van der Waals surface area contributed by atoms with Gasteiger partial charge in [-0.05, 0) is 5.56 Å². The van der Waals surface area contributed by atoms with Crippen molar-refractivity contribution in [3.63, 3.8) is 0 Å². The summed E-state index contributed by atoms with van der Waals surface area (Å²) in [6.45, 7) is 2.99. The number of rotatable bonds is 7. The first-order chi connectivity index (χ1) is 9.90. The van der Waals surface area contributed by atoms with Crippen LogP contribution in [0.5, 0.6) is 0 Å². The lowest BCUT2D eigenvalue weighted by molar-refractivity contribution is -0.137. The molecule has 1 aromatic heterocycles. The molecule has 0 bridgehead atoms. The molecule has 1 rings (SSSR count). The quantitative estimate of drug-likeness (QED) is 0.683. The second-order valence-electron chi connectivity index (χ2n) is 5.13. The molecule has 0 aromatic carbocycles. The van der Waals surface area contributed by atoms with Gasteiger partial charge in [-0.15, -0.1) is 0 Å². The van der Waals surface area contributed by atoms with E-state index in [0.717, 1.165) is 0 Å². The number of hydrogen-bond acceptors (Lipinski definition) is 5. The first-order valence-electron chi connectivity index (χ1n) is 6.70. The maximum atomic E-state index is 12.2. The molecule has 0 aliphatic rings. The van der Waals surface area contributed by atoms with Crippen molar-refractivity contribution in [3.8, 4) is 0 Å². The zero-order valence-electron chi connectivity index (χ0n) is 12.2. The molecule has 1 unspecified atom stereocenters. The highest BCUT2D eigenvalue weighted by Crippen LogP contribution is 2.20. The minimum Gasteiger partial charge on any atom is -0.394 e. The Morgan fingerprint density at radius 3 is 2.57 bits per heavy atom. The molecule has 0 saturated heterocycles. The van der Waals surface area contributed by atoms with Crippen molar-refractivity contribution >= 4 is 17.5 Å². The maximum absolute atomic E-state index is 12.2. The number of aromatic nitrogens is 1. The van der Waals surface area contributed by atoms with Crippen LogP contribution in [0.1, 0.15) is 25.0 Å². The van der Waals surface area contributed by atoms with E-state index in [-0.39, 0.29) is 31.5 Å². The summed E-state index contributed by atoms with van der Waals surface area (Å²) >= 11 is 5.97. The van der Waals surface area contributed by atoms with Crippen molar-refractivity contribution < 1.29 is 20.1 Å². The Morgan fingerprint density at radius 2 is 2.05 bits per heavy atom. The first-order valence-corrected chi connectivity index (χ1v) is 7.08. The van der Waals surface area contributed by atoms with E-state index in [2.05, 4.69) is 4.98 Å². The number of hydrogen-bond donors (Lipinski definition) is 3. The van der Waals surface area contributed by atoms with E-state index in [4.69, 9.17) is 16.7 Å². The van der Waals surface area contributed by atoms with Gasteiger partial charge >= 0.3 is 0 Å². The topological polar surface area (TPSA) is 93.9 Å². The van der Waals surface area contributed by atoms with Gasteiger partial charge in [0, 0.05) is 37.0 Å². The monoisotopic (exact) mass is 316 g/mol. The van der Waals surface area contributed by atoms with Gasteiger partial charge < -0.3 is 20.2 Å². The minimum absolute atomic E-state index is 0.00486. The van der Waals surface area contributed by atoms with Crippen molar-refractivity contribution in [2.45, 2.75) is 33.1 Å². The van der Waals surface area contributed by atoms with Crippen LogP contribution in [0.25, 0.3) is 0 Å². The molecule has 1 aromatic rings. The van der Waals surface area contributed by atoms with Gasteiger partial charge in [0.25, 0.3) is 0 Å². The zero-order valence-corrected chi connectivity index (χ0v) is 12.9. The second kappa shape index (κ2) is 8.29. The van der Waals surface area contributed by atoms with Gasteiger partial charge in [0.1, 0.15) is 0 Å². The molecule has 0 fully saturated rings. The average molecular weight is 317 g/mol. The van der Waals surface area contributed by atoms with Crippen LogP contribution >= 0.6 is 11.6 Å². The molecule has 1 heterocycles. The molecule has 0 saturated carbocycles. The third kappa shape index (κ3) is 4.93. The molecule has 0 aliphatic carbocycles. The van der Waals surface area contributed by atoms with Gasteiger partial charge in [0.2, 0.25) is 5.91 Å². The van der Waals surface area contributed by atoms with Crippen LogP contribution in [0.15, 0.2) is 12.4 Å². The highest BCUT2D eigenvalue weighted by Gasteiger charge is 2.21. The predicted molar refractivity (Wildman–Crippen MR) is 78.5 cm³/mol. The van der Waals surface area contributed by atoms with Crippen LogP contribution in [0.4, 0.5) is 0 Å². The number of aliphatic hydroxyl groups excluding tert-OH is 3. The molecular weight excluding hydrogens is 296 g/mol. The number of halogens is 1. The summed E-state index contributed by atoms with van der Waals surface area (Å²) in [6, 6.07) is 0. The van der Waals surface area contributed by atoms with Gasteiger partial charge in [-0.3, -0.25) is 9.78 Å². The Balaban J connectivity index is 3.00. The van der Waals surface area contributed by atoms with Gasteiger partial charge in [-0.25, -0.2) is 0 Å². The molecule has 3 N–H and O–H groups in total. The molecule has 21 heavy (non-hydrogen) atoms. The molecular formula is C14H21ClN2O4. The van der Waals surface area contributed by atoms with E-state index in [0.29, 0.717) is 16.1 Å². The van der Waals surface area contributed by atoms with Crippen LogP contribution in [0, 0.1) is 5.92 Å². The molecule has 1 atom stereocenters. The third-order valence-electron chi connectivity index (χ3n) is 3.06. The number of carbonyl (C=O) groups excluding carboxylic acids is 1. The second-order valence-corrected chi connectivity index (χ2v) is 5.53. The van der Waals surface area contributed by atoms with Gasteiger partial charge in [0.15, 0.2) is 0 Å². The molecule has 1 amide bonds. The number of aliphatic hydroxyl groups is 3. The van der Waals surface area contributed by atoms with Crippen LogP contribution < -0.4 is 0 Å². The fourth-order valence-electron chi connectivity index (χ4n) is 1.93. The summed E-state index contributed by atoms with van der Waals surface area (Å²) < 4.78 is 0. The van der Waals surface area contributed by atoms with Crippen LogP contribution in [0.2, 0.25) is 5.02 Å². The van der Waals surface area contributed by atoms with Crippen LogP contribution in [-0.2, 0) is 17.9 Å². The third-order valence-corrected chi connectivity index (χ3v) is 3.39. The van der Waals surface area contributed by atoms with E-state index in [1.165, 1.54) is 17.3 Å². The summed E-state index contributed by atoms with van der Waals surface area (Å²) in [7, 11) is 0. The summed E-state index contributed by atoms with van der Waals surface area (Å²) in [5, 5.41) is 28.2. The highest BCUT2D eigenvalue weighted by molar-refractivity contribution is 6.31. The van der Waals surface area contributed by atoms with E-state index in [9.17, 15) is 15.0 Å². The Bertz CT molecular complexity index is 482. The highest BCUT2D eigenvalue weighted by atomic mass is 35.5. The summed E-state index contributed by atoms with van der Waals surface area (Å²) in [6.07, 6.45) is 1.94. The average Bonchev–Trinajstić information content (AvgIpc) is 2.45. The van der Waals surface area contributed by atoms with Gasteiger partial charge in [-0.2, -0.15) is 0 Å². The van der Waals surface area contributed by atoms with E-state index in [1.54, 1.807) is 13.8 Å². The van der Waals surface area contributed by atoms with Crippen molar-refractivity contribution in [2.75, 3.05) is 13.2 Å². The lowest BCUT2D eigenvalue weighted by atomic mass is 10.1. The fourth-order valence-corrected chi connectivity index (χ4v) is 2.17. The Morgan fingerprint density at radius 1 is 1.38 bits per heavy atom. The van der Waals surface area contributed by atoms with Crippen molar-refractivity contribution in [3.05, 3.63) is 28.5 Å². The molecule has 0 spiro atoms. The van der Waals surface area contributed by atoms with Gasteiger partial charge in [-0.1, -0.05) is 25.4 Å². The first kappa shape index (κ1) is 17.8. The normalized spacial score (nSPS) is 12.5. The standard InChI is InChI=1S/C14H21ClN2O4/c1-9(2)14(21)17(6-11(20)7-18)5-10-3-16-4-13(15)12(10)8-19/h3-4,9,11,18-20H,5-8H2,1-2H3. The lowest BCUT2D eigenvalue weighted by Crippen LogP contribution is -2.40. The fraction of sp³-hybridized carbons (Fsp3) is 0.571. The summed E-state index contributed by atoms with van der Waals surface area (Å²) in [5.74, 6) is -0.410. The van der Waals surface area contributed by atoms with Crippen LogP contribution in [-0.4, -0.2) is 50.4 Å². The number of carbonyl (C=O) groups is 1. The Hall–Kier alpha value is -1.21. The predicted octanol–water partition coefficient (Wildman–Crippen LogP) is 0.565. The van der Waals surface area contributed by atoms with E-state index < -0.39 is 12.7 Å². The lowest BCUT2D eigenvalue weighted by Gasteiger charge is -2.27. The Labute approximate surface area is 129 Å².